The van der Waals surface area contributed by atoms with E-state index in [2.05, 4.69) is 60.0 Å². The first kappa shape index (κ1) is 18.6. The largest absolute Gasteiger partial charge is 0.591 e. The first-order chi connectivity index (χ1) is 12.7. The third-order valence-electron chi connectivity index (χ3n) is 4.07. The molecule has 3 aromatic carbocycles. The Hall–Kier alpha value is -2.16. The van der Waals surface area contributed by atoms with E-state index in [0.29, 0.717) is 19.8 Å². The number of fused-ring (bicyclic) bond motifs is 2. The first-order valence-electron chi connectivity index (χ1n) is 9.07. The van der Waals surface area contributed by atoms with Crippen LogP contribution in [0.25, 0.3) is 21.5 Å². The SMILES string of the molecule is CCO[Si](C#Cc1ccc2cc3ccccc3cc2c1)(OCC)OCC. The van der Waals surface area contributed by atoms with E-state index in [1.165, 1.54) is 21.5 Å². The van der Waals surface area contributed by atoms with Crippen molar-refractivity contribution in [3.05, 3.63) is 60.2 Å². The van der Waals surface area contributed by atoms with Crippen molar-refractivity contribution in [3.63, 3.8) is 0 Å². The molecule has 134 valence electrons. The summed E-state index contributed by atoms with van der Waals surface area (Å²) >= 11 is 0. The summed E-state index contributed by atoms with van der Waals surface area (Å²) in [6.07, 6.45) is 0. The first-order valence-corrected chi connectivity index (χ1v) is 10.8. The summed E-state index contributed by atoms with van der Waals surface area (Å²) in [6, 6.07) is 19.0. The van der Waals surface area contributed by atoms with Gasteiger partial charge in [-0.3, -0.25) is 0 Å². The van der Waals surface area contributed by atoms with E-state index in [-0.39, 0.29) is 0 Å². The molecule has 0 radical (unpaired) electrons. The molecular formula is C22H24O3Si. The summed E-state index contributed by atoms with van der Waals surface area (Å²) < 4.78 is 17.4. The molecule has 0 saturated heterocycles. The molecule has 26 heavy (non-hydrogen) atoms. The monoisotopic (exact) mass is 364 g/mol. The molecule has 0 heterocycles. The van der Waals surface area contributed by atoms with Crippen molar-refractivity contribution in [2.24, 2.45) is 0 Å². The fraction of sp³-hybridized carbons (Fsp3) is 0.273. The van der Waals surface area contributed by atoms with Crippen LogP contribution >= 0.6 is 0 Å². The minimum absolute atomic E-state index is 0.518. The summed E-state index contributed by atoms with van der Waals surface area (Å²) in [6.45, 7) is 7.35. The van der Waals surface area contributed by atoms with Crippen molar-refractivity contribution >= 4 is 30.3 Å². The quantitative estimate of drug-likeness (QED) is 0.352. The van der Waals surface area contributed by atoms with Gasteiger partial charge in [0.15, 0.2) is 0 Å². The van der Waals surface area contributed by atoms with Crippen LogP contribution in [-0.4, -0.2) is 28.6 Å². The molecule has 0 bridgehead atoms. The van der Waals surface area contributed by atoms with E-state index >= 15 is 0 Å². The maximum atomic E-state index is 5.80. The maximum absolute atomic E-state index is 5.80. The Morgan fingerprint density at radius 3 is 1.81 bits per heavy atom. The van der Waals surface area contributed by atoms with Crippen LogP contribution in [0.5, 0.6) is 0 Å². The summed E-state index contributed by atoms with van der Waals surface area (Å²) in [5.74, 6) is 3.22. The van der Waals surface area contributed by atoms with Gasteiger partial charge in [-0.1, -0.05) is 36.3 Å². The molecule has 0 spiro atoms. The summed E-state index contributed by atoms with van der Waals surface area (Å²) in [4.78, 5) is 0. The highest BCUT2D eigenvalue weighted by Gasteiger charge is 2.39. The van der Waals surface area contributed by atoms with E-state index in [4.69, 9.17) is 13.3 Å². The second-order valence-corrected chi connectivity index (χ2v) is 8.09. The van der Waals surface area contributed by atoms with Crippen molar-refractivity contribution in [1.29, 1.82) is 0 Å². The molecule has 0 unspecified atom stereocenters. The highest BCUT2D eigenvalue weighted by molar-refractivity contribution is 6.69. The molecule has 0 aliphatic carbocycles. The predicted octanol–water partition coefficient (Wildman–Crippen LogP) is 4.93. The smallest absolute Gasteiger partial charge is 0.364 e. The van der Waals surface area contributed by atoms with Gasteiger partial charge in [0.2, 0.25) is 0 Å². The van der Waals surface area contributed by atoms with Crippen LogP contribution in [0.1, 0.15) is 26.3 Å². The second kappa shape index (κ2) is 8.48. The fourth-order valence-corrected chi connectivity index (χ4v) is 4.87. The van der Waals surface area contributed by atoms with Crippen LogP contribution in [0.2, 0.25) is 0 Å². The van der Waals surface area contributed by atoms with Crippen LogP contribution in [0.15, 0.2) is 54.6 Å². The molecule has 3 aromatic rings. The summed E-state index contributed by atoms with van der Waals surface area (Å²) in [7, 11) is -2.95. The van der Waals surface area contributed by atoms with Crippen LogP contribution in [-0.2, 0) is 13.3 Å². The Labute approximate surface area is 156 Å². The third-order valence-corrected chi connectivity index (χ3v) is 6.51. The lowest BCUT2D eigenvalue weighted by Crippen LogP contribution is -2.45. The Bertz CT molecular complexity index is 939. The third kappa shape index (κ3) is 4.14. The second-order valence-electron chi connectivity index (χ2n) is 5.87. The minimum atomic E-state index is -2.95. The van der Waals surface area contributed by atoms with Gasteiger partial charge in [0.25, 0.3) is 0 Å². The average molecular weight is 365 g/mol. The van der Waals surface area contributed by atoms with Crippen molar-refractivity contribution in [2.75, 3.05) is 19.8 Å². The lowest BCUT2D eigenvalue weighted by molar-refractivity contribution is 0.0870. The maximum Gasteiger partial charge on any atom is 0.591 e. The van der Waals surface area contributed by atoms with Gasteiger partial charge >= 0.3 is 8.80 Å². The van der Waals surface area contributed by atoms with Crippen LogP contribution < -0.4 is 0 Å². The average Bonchev–Trinajstić information content (AvgIpc) is 2.65. The van der Waals surface area contributed by atoms with Gasteiger partial charge in [0, 0.05) is 25.4 Å². The zero-order chi connectivity index (χ0) is 18.4. The van der Waals surface area contributed by atoms with E-state index in [0.717, 1.165) is 5.56 Å². The van der Waals surface area contributed by atoms with E-state index in [1.54, 1.807) is 0 Å². The molecule has 0 atom stereocenters. The summed E-state index contributed by atoms with van der Waals surface area (Å²) in [5, 5.41) is 4.85. The molecule has 0 aromatic heterocycles. The molecule has 0 aliphatic rings. The van der Waals surface area contributed by atoms with Gasteiger partial charge in [0.1, 0.15) is 0 Å². The Morgan fingerprint density at radius 1 is 0.692 bits per heavy atom. The highest BCUT2D eigenvalue weighted by Crippen LogP contribution is 2.23. The molecule has 0 aliphatic heterocycles. The zero-order valence-corrected chi connectivity index (χ0v) is 16.5. The number of hydrogen-bond donors (Lipinski definition) is 0. The fourth-order valence-electron chi connectivity index (χ4n) is 2.97. The zero-order valence-electron chi connectivity index (χ0n) is 15.5. The molecule has 3 nitrogen and oxygen atoms in total. The van der Waals surface area contributed by atoms with E-state index < -0.39 is 8.80 Å². The standard InChI is InChI=1S/C22H24O3Si/c1-4-23-26(24-5-2,25-6-3)14-13-18-11-12-21-16-19-9-7-8-10-20(19)17-22(21)15-18/h7-12,15-17H,4-6H2,1-3H3. The molecule has 0 amide bonds. The molecule has 0 saturated carbocycles. The van der Waals surface area contributed by atoms with Gasteiger partial charge in [-0.25, -0.2) is 0 Å². The number of benzene rings is 3. The van der Waals surface area contributed by atoms with Gasteiger partial charge in [0.05, 0.1) is 0 Å². The van der Waals surface area contributed by atoms with Gasteiger partial charge < -0.3 is 13.3 Å². The van der Waals surface area contributed by atoms with E-state index in [1.807, 2.05) is 26.8 Å². The van der Waals surface area contributed by atoms with Crippen LogP contribution in [0, 0.1) is 11.5 Å². The number of hydrogen-bond acceptors (Lipinski definition) is 3. The van der Waals surface area contributed by atoms with Crippen molar-refractivity contribution in [2.45, 2.75) is 20.8 Å². The lowest BCUT2D eigenvalue weighted by atomic mass is 10.0. The van der Waals surface area contributed by atoms with Crippen molar-refractivity contribution < 1.29 is 13.3 Å². The van der Waals surface area contributed by atoms with Gasteiger partial charge in [-0.2, -0.15) is 0 Å². The molecule has 4 heteroatoms. The van der Waals surface area contributed by atoms with Crippen LogP contribution in [0.4, 0.5) is 0 Å². The van der Waals surface area contributed by atoms with Gasteiger partial charge in [-0.05, 0) is 72.1 Å². The lowest BCUT2D eigenvalue weighted by Gasteiger charge is -2.22. The predicted molar refractivity (Wildman–Crippen MR) is 109 cm³/mol. The molecule has 0 N–H and O–H groups in total. The normalized spacial score (nSPS) is 11.5. The molecule has 3 rings (SSSR count). The Morgan fingerprint density at radius 2 is 1.23 bits per heavy atom. The van der Waals surface area contributed by atoms with Crippen LogP contribution in [0.3, 0.4) is 0 Å². The Kier molecular flexibility index (Phi) is 6.07. The Balaban J connectivity index is 1.99. The highest BCUT2D eigenvalue weighted by atomic mass is 28.4. The van der Waals surface area contributed by atoms with Crippen molar-refractivity contribution in [1.82, 2.24) is 0 Å². The van der Waals surface area contributed by atoms with E-state index in [9.17, 15) is 0 Å². The van der Waals surface area contributed by atoms with Crippen molar-refractivity contribution in [3.8, 4) is 11.5 Å². The molecular weight excluding hydrogens is 340 g/mol. The minimum Gasteiger partial charge on any atom is -0.364 e. The topological polar surface area (TPSA) is 27.7 Å². The number of rotatable bonds is 6. The summed E-state index contributed by atoms with van der Waals surface area (Å²) in [5.41, 5.74) is 4.11. The molecule has 0 fully saturated rings. The van der Waals surface area contributed by atoms with Gasteiger partial charge in [-0.15, -0.1) is 0 Å².